The molecule has 1 N–H and O–H groups in total. The molecule has 4 nitrogen and oxygen atoms in total. The molecule has 0 fully saturated rings. The molecule has 0 radical (unpaired) electrons. The fourth-order valence-electron chi connectivity index (χ4n) is 1.50. The third-order valence-corrected chi connectivity index (χ3v) is 2.54. The summed E-state index contributed by atoms with van der Waals surface area (Å²) in [7, 11) is 0. The minimum Gasteiger partial charge on any atom is -0.325 e. The van der Waals surface area contributed by atoms with Gasteiger partial charge in [-0.05, 0) is 18.2 Å². The van der Waals surface area contributed by atoms with Gasteiger partial charge >= 0.3 is 0 Å². The van der Waals surface area contributed by atoms with Crippen molar-refractivity contribution in [2.45, 2.75) is 6.54 Å². The number of para-hydroxylation sites is 1. The molecule has 0 bridgehead atoms. The highest BCUT2D eigenvalue weighted by molar-refractivity contribution is 6.30. The monoisotopic (exact) mass is 262 g/mol. The summed E-state index contributed by atoms with van der Waals surface area (Å²) < 4.78 is 1.26. The standard InChI is InChI=1S/C13H11ClN2O2/c14-10-6-7-13(18)16(8-10)9-12(17)15-11-4-2-1-3-5-11/h1-8H,9H2,(H,15,17). The summed E-state index contributed by atoms with van der Waals surface area (Å²) in [5.74, 6) is -0.273. The molecule has 0 aliphatic carbocycles. The van der Waals surface area contributed by atoms with Crippen molar-refractivity contribution in [2.24, 2.45) is 0 Å². The summed E-state index contributed by atoms with van der Waals surface area (Å²) in [6, 6.07) is 11.9. The molecule has 0 aliphatic heterocycles. The topological polar surface area (TPSA) is 51.1 Å². The van der Waals surface area contributed by atoms with Crippen LogP contribution in [0.3, 0.4) is 0 Å². The highest BCUT2D eigenvalue weighted by Gasteiger charge is 2.05. The van der Waals surface area contributed by atoms with Crippen molar-refractivity contribution in [1.29, 1.82) is 0 Å². The van der Waals surface area contributed by atoms with Gasteiger partial charge in [-0.25, -0.2) is 0 Å². The molecule has 1 aromatic carbocycles. The molecule has 1 heterocycles. The first-order valence-corrected chi connectivity index (χ1v) is 5.74. The average Bonchev–Trinajstić information content (AvgIpc) is 2.35. The minimum atomic E-state index is -0.273. The number of carbonyl (C=O) groups is 1. The fraction of sp³-hybridized carbons (Fsp3) is 0.0769. The normalized spacial score (nSPS) is 10.1. The van der Waals surface area contributed by atoms with Crippen molar-refractivity contribution in [1.82, 2.24) is 4.57 Å². The van der Waals surface area contributed by atoms with E-state index in [1.165, 1.54) is 22.9 Å². The van der Waals surface area contributed by atoms with E-state index in [9.17, 15) is 9.59 Å². The van der Waals surface area contributed by atoms with Crippen LogP contribution in [-0.4, -0.2) is 10.5 Å². The molecule has 1 aromatic heterocycles. The SMILES string of the molecule is O=C(Cn1cc(Cl)ccc1=O)Nc1ccccc1. The predicted octanol–water partition coefficient (Wildman–Crippen LogP) is 2.14. The molecule has 92 valence electrons. The summed E-state index contributed by atoms with van der Waals surface area (Å²) >= 11 is 5.77. The van der Waals surface area contributed by atoms with Gasteiger partial charge in [0, 0.05) is 18.0 Å². The van der Waals surface area contributed by atoms with E-state index in [1.807, 2.05) is 18.2 Å². The van der Waals surface area contributed by atoms with Crippen LogP contribution in [0.25, 0.3) is 0 Å². The van der Waals surface area contributed by atoms with Crippen LogP contribution in [0.15, 0.2) is 53.5 Å². The zero-order valence-electron chi connectivity index (χ0n) is 9.47. The van der Waals surface area contributed by atoms with Gasteiger partial charge in [-0.3, -0.25) is 9.59 Å². The maximum Gasteiger partial charge on any atom is 0.251 e. The third-order valence-electron chi connectivity index (χ3n) is 2.32. The second-order valence-electron chi connectivity index (χ2n) is 3.73. The van der Waals surface area contributed by atoms with Crippen LogP contribution >= 0.6 is 11.6 Å². The minimum absolute atomic E-state index is 0.0612. The highest BCUT2D eigenvalue weighted by Crippen LogP contribution is 2.06. The molecule has 2 aromatic rings. The van der Waals surface area contributed by atoms with E-state index in [0.717, 1.165) is 0 Å². The smallest absolute Gasteiger partial charge is 0.251 e. The Kier molecular flexibility index (Phi) is 3.79. The number of nitrogens with zero attached hydrogens (tertiary/aromatic N) is 1. The number of halogens is 1. The van der Waals surface area contributed by atoms with Crippen molar-refractivity contribution in [2.75, 3.05) is 5.32 Å². The molecule has 2 rings (SSSR count). The lowest BCUT2D eigenvalue weighted by atomic mass is 10.3. The molecule has 0 spiro atoms. The van der Waals surface area contributed by atoms with Crippen LogP contribution in [0, 0.1) is 0 Å². The Morgan fingerprint density at radius 1 is 1.17 bits per heavy atom. The Morgan fingerprint density at radius 2 is 1.89 bits per heavy atom. The number of aromatic nitrogens is 1. The molecule has 0 unspecified atom stereocenters. The Morgan fingerprint density at radius 3 is 2.61 bits per heavy atom. The van der Waals surface area contributed by atoms with E-state index in [4.69, 9.17) is 11.6 Å². The molecule has 18 heavy (non-hydrogen) atoms. The maximum absolute atomic E-state index is 11.7. The number of rotatable bonds is 3. The second-order valence-corrected chi connectivity index (χ2v) is 4.16. The zero-order valence-corrected chi connectivity index (χ0v) is 10.2. The summed E-state index contributed by atoms with van der Waals surface area (Å²) in [6.07, 6.45) is 1.44. The van der Waals surface area contributed by atoms with Crippen LogP contribution in [0.1, 0.15) is 0 Å². The molecule has 0 saturated heterocycles. The van der Waals surface area contributed by atoms with Gasteiger partial charge in [0.05, 0.1) is 5.02 Å². The summed E-state index contributed by atoms with van der Waals surface area (Å²) in [5.41, 5.74) is 0.431. The third kappa shape index (κ3) is 3.21. The van der Waals surface area contributed by atoms with Gasteiger partial charge in [0.2, 0.25) is 5.91 Å². The van der Waals surface area contributed by atoms with Crippen LogP contribution < -0.4 is 10.9 Å². The maximum atomic E-state index is 11.7. The van der Waals surface area contributed by atoms with Gasteiger partial charge in [0.15, 0.2) is 0 Å². The lowest BCUT2D eigenvalue weighted by molar-refractivity contribution is -0.116. The summed E-state index contributed by atoms with van der Waals surface area (Å²) in [5, 5.41) is 3.11. The Hall–Kier alpha value is -2.07. The molecule has 5 heteroatoms. The fourth-order valence-corrected chi connectivity index (χ4v) is 1.68. The Labute approximate surface area is 109 Å². The molecule has 0 saturated carbocycles. The number of hydrogen-bond donors (Lipinski definition) is 1. The van der Waals surface area contributed by atoms with Gasteiger partial charge in [-0.15, -0.1) is 0 Å². The van der Waals surface area contributed by atoms with Crippen LogP contribution in [0.5, 0.6) is 0 Å². The van der Waals surface area contributed by atoms with Gasteiger partial charge in [-0.1, -0.05) is 29.8 Å². The summed E-state index contributed by atoms with van der Waals surface area (Å²) in [4.78, 5) is 23.2. The molecule has 0 aliphatic rings. The van der Waals surface area contributed by atoms with Gasteiger partial charge < -0.3 is 9.88 Å². The quantitative estimate of drug-likeness (QED) is 0.921. The molecular weight excluding hydrogens is 252 g/mol. The van der Waals surface area contributed by atoms with Crippen molar-refractivity contribution in [3.8, 4) is 0 Å². The van der Waals surface area contributed by atoms with E-state index in [1.54, 1.807) is 12.1 Å². The van der Waals surface area contributed by atoms with E-state index in [-0.39, 0.29) is 18.0 Å². The van der Waals surface area contributed by atoms with Crippen molar-refractivity contribution < 1.29 is 4.79 Å². The predicted molar refractivity (Wildman–Crippen MR) is 70.8 cm³/mol. The van der Waals surface area contributed by atoms with Gasteiger partial charge in [0.25, 0.3) is 5.56 Å². The summed E-state index contributed by atoms with van der Waals surface area (Å²) in [6.45, 7) is -0.0612. The van der Waals surface area contributed by atoms with Crippen LogP contribution in [0.2, 0.25) is 5.02 Å². The van der Waals surface area contributed by atoms with Crippen molar-refractivity contribution in [3.05, 3.63) is 64.0 Å². The van der Waals surface area contributed by atoms with Crippen molar-refractivity contribution >= 4 is 23.2 Å². The van der Waals surface area contributed by atoms with Gasteiger partial charge in [0.1, 0.15) is 6.54 Å². The first kappa shape index (κ1) is 12.4. The number of hydrogen-bond acceptors (Lipinski definition) is 2. The van der Waals surface area contributed by atoms with E-state index < -0.39 is 0 Å². The second kappa shape index (κ2) is 5.51. The first-order valence-electron chi connectivity index (χ1n) is 5.36. The first-order chi connectivity index (χ1) is 8.65. The number of pyridine rings is 1. The van der Waals surface area contributed by atoms with Crippen LogP contribution in [0.4, 0.5) is 5.69 Å². The lowest BCUT2D eigenvalue weighted by Crippen LogP contribution is -2.26. The average molecular weight is 263 g/mol. The number of carbonyl (C=O) groups excluding carboxylic acids is 1. The largest absolute Gasteiger partial charge is 0.325 e. The Balaban J connectivity index is 2.08. The van der Waals surface area contributed by atoms with Gasteiger partial charge in [-0.2, -0.15) is 0 Å². The number of anilines is 1. The highest BCUT2D eigenvalue weighted by atomic mass is 35.5. The van der Waals surface area contributed by atoms with E-state index >= 15 is 0 Å². The molecular formula is C13H11ClN2O2. The molecule has 1 amide bonds. The van der Waals surface area contributed by atoms with Crippen LogP contribution in [-0.2, 0) is 11.3 Å². The zero-order chi connectivity index (χ0) is 13.0. The van der Waals surface area contributed by atoms with E-state index in [2.05, 4.69) is 5.32 Å². The van der Waals surface area contributed by atoms with Crippen molar-refractivity contribution in [3.63, 3.8) is 0 Å². The number of nitrogens with one attached hydrogen (secondary N) is 1. The van der Waals surface area contributed by atoms with E-state index in [0.29, 0.717) is 10.7 Å². The lowest BCUT2D eigenvalue weighted by Gasteiger charge is -2.07. The number of amides is 1. The Bertz CT molecular complexity index is 608. The number of benzene rings is 1. The molecule has 0 atom stereocenters.